The number of nitro groups is 1. The minimum Gasteiger partial charge on any atom is -0.375 e. The second-order valence-electron chi connectivity index (χ2n) is 4.13. The lowest BCUT2D eigenvalue weighted by atomic mass is 10.2. The summed E-state index contributed by atoms with van der Waals surface area (Å²) in [6.45, 7) is -0.00676. The average Bonchev–Trinajstić information content (AvgIpc) is 2.42. The number of hydrogen-bond donors (Lipinski definition) is 1. The molecule has 8 heteroatoms. The van der Waals surface area contributed by atoms with Gasteiger partial charge in [-0.3, -0.25) is 10.1 Å². The van der Waals surface area contributed by atoms with E-state index in [2.05, 4.69) is 37.2 Å². The van der Waals surface area contributed by atoms with Crippen molar-refractivity contribution in [3.05, 3.63) is 66.6 Å². The normalized spacial score (nSPS) is 10.5. The van der Waals surface area contributed by atoms with Crippen LogP contribution in [0.5, 0.6) is 0 Å². The Kier molecular flexibility index (Phi) is 4.89. The standard InChI is InChI=1S/C13H8Br2F2N2O2/c14-8-1-2-10(16)7(3-8)6-18-12-5-11(17)9(15)4-13(12)19(20)21/h1-5,18H,6H2. The van der Waals surface area contributed by atoms with Gasteiger partial charge >= 0.3 is 0 Å². The fourth-order valence-electron chi connectivity index (χ4n) is 1.70. The molecule has 1 N–H and O–H groups in total. The van der Waals surface area contributed by atoms with Crippen LogP contribution in [-0.4, -0.2) is 4.92 Å². The Hall–Kier alpha value is -1.54. The third-order valence-corrected chi connectivity index (χ3v) is 3.81. The molecule has 21 heavy (non-hydrogen) atoms. The number of nitrogens with zero attached hydrogens (tertiary/aromatic N) is 1. The molecule has 0 aliphatic carbocycles. The first-order valence-corrected chi connectivity index (χ1v) is 7.28. The van der Waals surface area contributed by atoms with Crippen LogP contribution in [0, 0.1) is 21.7 Å². The molecule has 110 valence electrons. The van der Waals surface area contributed by atoms with Crippen molar-refractivity contribution in [2.24, 2.45) is 0 Å². The number of nitrogens with one attached hydrogen (secondary N) is 1. The van der Waals surface area contributed by atoms with Crippen LogP contribution in [0.3, 0.4) is 0 Å². The first-order valence-electron chi connectivity index (χ1n) is 5.69. The average molecular weight is 422 g/mol. The number of benzene rings is 2. The molecule has 0 saturated carbocycles. The summed E-state index contributed by atoms with van der Waals surface area (Å²) in [6, 6.07) is 6.43. The minimum absolute atomic E-state index is 0.00612. The van der Waals surface area contributed by atoms with Gasteiger partial charge in [0.2, 0.25) is 0 Å². The molecule has 0 aromatic heterocycles. The van der Waals surface area contributed by atoms with Crippen LogP contribution in [0.4, 0.5) is 20.2 Å². The van der Waals surface area contributed by atoms with Gasteiger partial charge in [-0.1, -0.05) is 15.9 Å². The molecule has 2 rings (SSSR count). The molecule has 2 aromatic carbocycles. The molecule has 0 fully saturated rings. The zero-order valence-electron chi connectivity index (χ0n) is 10.4. The molecule has 0 spiro atoms. The first kappa shape index (κ1) is 15.8. The van der Waals surface area contributed by atoms with E-state index in [0.29, 0.717) is 10.0 Å². The van der Waals surface area contributed by atoms with Gasteiger partial charge in [0.15, 0.2) is 0 Å². The van der Waals surface area contributed by atoms with Crippen LogP contribution in [0.1, 0.15) is 5.56 Å². The monoisotopic (exact) mass is 420 g/mol. The van der Waals surface area contributed by atoms with Gasteiger partial charge in [-0.05, 0) is 34.1 Å². The van der Waals surface area contributed by atoms with Gasteiger partial charge in [-0.15, -0.1) is 0 Å². The summed E-state index contributed by atoms with van der Waals surface area (Å²) in [5.41, 5.74) is 0.000699. The van der Waals surface area contributed by atoms with Crippen LogP contribution < -0.4 is 5.32 Å². The Bertz CT molecular complexity index is 711. The van der Waals surface area contributed by atoms with Crippen LogP contribution >= 0.6 is 31.9 Å². The lowest BCUT2D eigenvalue weighted by Crippen LogP contribution is -2.05. The molecule has 0 aliphatic rings. The SMILES string of the molecule is O=[N+]([O-])c1cc(Br)c(F)cc1NCc1cc(Br)ccc1F. The lowest BCUT2D eigenvalue weighted by molar-refractivity contribution is -0.384. The van der Waals surface area contributed by atoms with Crippen molar-refractivity contribution in [1.82, 2.24) is 0 Å². The molecule has 0 aliphatic heterocycles. The summed E-state index contributed by atoms with van der Waals surface area (Å²) in [5.74, 6) is -1.09. The van der Waals surface area contributed by atoms with E-state index in [4.69, 9.17) is 0 Å². The second-order valence-corrected chi connectivity index (χ2v) is 5.90. The molecule has 0 heterocycles. The molecule has 4 nitrogen and oxygen atoms in total. The van der Waals surface area contributed by atoms with Gasteiger partial charge in [-0.2, -0.15) is 0 Å². The Morgan fingerprint density at radius 3 is 2.52 bits per heavy atom. The van der Waals surface area contributed by atoms with Crippen molar-refractivity contribution in [3.63, 3.8) is 0 Å². The predicted octanol–water partition coefficient (Wildman–Crippen LogP) is 5.01. The third-order valence-electron chi connectivity index (χ3n) is 2.71. The van der Waals surface area contributed by atoms with Gasteiger partial charge in [0.1, 0.15) is 17.3 Å². The van der Waals surface area contributed by atoms with Crippen molar-refractivity contribution >= 4 is 43.2 Å². The molecule has 0 radical (unpaired) electrons. The largest absolute Gasteiger partial charge is 0.375 e. The molecule has 0 amide bonds. The maximum atomic E-state index is 13.6. The molecule has 0 unspecified atom stereocenters. The number of hydrogen-bond acceptors (Lipinski definition) is 3. The minimum atomic E-state index is -0.641. The van der Waals surface area contributed by atoms with Gasteiger partial charge in [-0.25, -0.2) is 8.78 Å². The molecule has 0 bridgehead atoms. The highest BCUT2D eigenvalue weighted by atomic mass is 79.9. The number of nitro benzene ring substituents is 1. The van der Waals surface area contributed by atoms with Crippen LogP contribution in [0.25, 0.3) is 0 Å². The highest BCUT2D eigenvalue weighted by molar-refractivity contribution is 9.10. The summed E-state index contributed by atoms with van der Waals surface area (Å²) in [6.07, 6.45) is 0. The molecule has 0 saturated heterocycles. The summed E-state index contributed by atoms with van der Waals surface area (Å²) < 4.78 is 27.8. The van der Waals surface area contributed by atoms with Crippen LogP contribution in [0.15, 0.2) is 39.3 Å². The van der Waals surface area contributed by atoms with E-state index in [1.807, 2.05) is 0 Å². The van der Waals surface area contributed by atoms with Crippen LogP contribution in [-0.2, 0) is 6.54 Å². The van der Waals surface area contributed by atoms with Crippen molar-refractivity contribution in [1.29, 1.82) is 0 Å². The van der Waals surface area contributed by atoms with Gasteiger partial charge < -0.3 is 5.32 Å². The second kappa shape index (κ2) is 6.48. The molecular weight excluding hydrogens is 414 g/mol. The Morgan fingerprint density at radius 2 is 1.86 bits per heavy atom. The van der Waals surface area contributed by atoms with Gasteiger partial charge in [0.25, 0.3) is 5.69 Å². The predicted molar refractivity (Wildman–Crippen MR) is 82.2 cm³/mol. The van der Waals surface area contributed by atoms with E-state index in [1.165, 1.54) is 6.07 Å². The quantitative estimate of drug-likeness (QED) is 0.557. The van der Waals surface area contributed by atoms with E-state index < -0.39 is 16.6 Å². The van der Waals surface area contributed by atoms with Crippen molar-refractivity contribution < 1.29 is 13.7 Å². The zero-order valence-corrected chi connectivity index (χ0v) is 13.5. The molecule has 0 atom stereocenters. The molecular formula is C13H8Br2F2N2O2. The summed E-state index contributed by atoms with van der Waals surface area (Å²) >= 11 is 6.10. The number of halogens is 4. The summed E-state index contributed by atoms with van der Waals surface area (Å²) in [5, 5.41) is 13.6. The fourth-order valence-corrected chi connectivity index (χ4v) is 2.44. The summed E-state index contributed by atoms with van der Waals surface area (Å²) in [7, 11) is 0. The van der Waals surface area contributed by atoms with Crippen LogP contribution in [0.2, 0.25) is 0 Å². The van der Waals surface area contributed by atoms with Gasteiger partial charge in [0.05, 0.1) is 9.40 Å². The van der Waals surface area contributed by atoms with E-state index in [-0.39, 0.29) is 22.4 Å². The highest BCUT2D eigenvalue weighted by Gasteiger charge is 2.17. The Labute approximate surface area is 135 Å². The van der Waals surface area contributed by atoms with Crippen molar-refractivity contribution in [2.75, 3.05) is 5.32 Å². The van der Waals surface area contributed by atoms with Crippen molar-refractivity contribution in [2.45, 2.75) is 6.54 Å². The van der Waals surface area contributed by atoms with Crippen molar-refractivity contribution in [3.8, 4) is 0 Å². The van der Waals surface area contributed by atoms with E-state index in [9.17, 15) is 18.9 Å². The fraction of sp³-hybridized carbons (Fsp3) is 0.0769. The van der Waals surface area contributed by atoms with E-state index in [0.717, 1.165) is 12.1 Å². The van der Waals surface area contributed by atoms with Gasteiger partial charge in [0, 0.05) is 28.7 Å². The third kappa shape index (κ3) is 3.76. The molecule has 2 aromatic rings. The smallest absolute Gasteiger partial charge is 0.293 e. The number of rotatable bonds is 4. The first-order chi connectivity index (χ1) is 9.88. The Balaban J connectivity index is 2.29. The maximum Gasteiger partial charge on any atom is 0.293 e. The highest BCUT2D eigenvalue weighted by Crippen LogP contribution is 2.31. The maximum absolute atomic E-state index is 13.6. The Morgan fingerprint density at radius 1 is 1.14 bits per heavy atom. The lowest BCUT2D eigenvalue weighted by Gasteiger charge is -2.09. The topological polar surface area (TPSA) is 55.2 Å². The van der Waals surface area contributed by atoms with E-state index >= 15 is 0 Å². The number of anilines is 1. The zero-order chi connectivity index (χ0) is 15.6. The van der Waals surface area contributed by atoms with E-state index in [1.54, 1.807) is 12.1 Å². The summed E-state index contributed by atoms with van der Waals surface area (Å²) in [4.78, 5) is 10.3.